The van der Waals surface area contributed by atoms with E-state index < -0.39 is 17.5 Å². The zero-order valence-corrected chi connectivity index (χ0v) is 21.7. The van der Waals surface area contributed by atoms with Crippen molar-refractivity contribution in [2.45, 2.75) is 13.0 Å². The minimum atomic E-state index is -0.680. The number of methoxy groups -OCH3 is 4. The molecule has 0 unspecified atom stereocenters. The molecule has 10 heteroatoms. The molecule has 0 fully saturated rings. The Morgan fingerprint density at radius 2 is 1.44 bits per heavy atom. The first-order valence-electron chi connectivity index (χ1n) is 12.0. The lowest BCUT2D eigenvalue weighted by molar-refractivity contribution is 0.0589. The molecule has 1 aromatic heterocycles. The molecule has 1 aliphatic rings. The van der Waals surface area contributed by atoms with Gasteiger partial charge in [-0.2, -0.15) is 0 Å². The minimum Gasteiger partial charge on any atom is -0.507 e. The van der Waals surface area contributed by atoms with E-state index in [9.17, 15) is 25.2 Å². The van der Waals surface area contributed by atoms with Crippen LogP contribution in [0.5, 0.6) is 40.2 Å². The summed E-state index contributed by atoms with van der Waals surface area (Å²) in [7, 11) is 5.73. The van der Waals surface area contributed by atoms with Crippen LogP contribution in [0.4, 0.5) is 0 Å². The fourth-order valence-corrected chi connectivity index (χ4v) is 5.17. The summed E-state index contributed by atoms with van der Waals surface area (Å²) in [6.45, 7) is 0.336. The molecule has 39 heavy (non-hydrogen) atoms. The second-order valence-corrected chi connectivity index (χ2v) is 8.95. The number of benzene rings is 3. The SMILES string of the molecule is COC(=O)c1c(-c2cc(O)c(O)cc2O)c(-c2cc(OC)ccc2OC)c2n1CCc1cc(O)c(OC)cc1-2. The van der Waals surface area contributed by atoms with Crippen LogP contribution in [0.25, 0.3) is 33.5 Å². The molecule has 202 valence electrons. The number of nitrogens with zero attached hydrogens (tertiary/aromatic N) is 1. The third-order valence-electron chi connectivity index (χ3n) is 6.94. The van der Waals surface area contributed by atoms with Crippen LogP contribution in [0.3, 0.4) is 0 Å². The van der Waals surface area contributed by atoms with Gasteiger partial charge in [0.15, 0.2) is 23.0 Å². The van der Waals surface area contributed by atoms with Crippen molar-refractivity contribution in [2.24, 2.45) is 0 Å². The van der Waals surface area contributed by atoms with Gasteiger partial charge in [0.05, 0.1) is 34.1 Å². The number of esters is 1. The summed E-state index contributed by atoms with van der Waals surface area (Å²) in [6, 6.07) is 10.7. The Balaban J connectivity index is 2.03. The van der Waals surface area contributed by atoms with Gasteiger partial charge in [-0.15, -0.1) is 0 Å². The molecule has 0 radical (unpaired) electrons. The lowest BCUT2D eigenvalue weighted by Crippen LogP contribution is -2.17. The van der Waals surface area contributed by atoms with Gasteiger partial charge in [0, 0.05) is 40.4 Å². The number of phenols is 4. The van der Waals surface area contributed by atoms with Crippen molar-refractivity contribution in [2.75, 3.05) is 28.4 Å². The van der Waals surface area contributed by atoms with Crippen LogP contribution in [-0.2, 0) is 17.7 Å². The number of hydrogen-bond donors (Lipinski definition) is 4. The van der Waals surface area contributed by atoms with Crippen LogP contribution in [0, 0.1) is 0 Å². The number of carbonyl (C=O) groups excluding carboxylic acids is 1. The van der Waals surface area contributed by atoms with E-state index in [2.05, 4.69) is 0 Å². The summed E-state index contributed by atoms with van der Waals surface area (Å²) in [5.74, 6) is -0.894. The topological polar surface area (TPSA) is 140 Å². The summed E-state index contributed by atoms with van der Waals surface area (Å²) < 4.78 is 23.6. The molecule has 0 aliphatic carbocycles. The monoisotopic (exact) mass is 533 g/mol. The Kier molecular flexibility index (Phi) is 6.39. The predicted octanol–water partition coefficient (Wildman–Crippen LogP) is 4.68. The summed E-state index contributed by atoms with van der Waals surface area (Å²) in [5, 5.41) is 41.9. The first-order chi connectivity index (χ1) is 18.7. The Morgan fingerprint density at radius 1 is 0.718 bits per heavy atom. The Labute approximate surface area is 223 Å². The van der Waals surface area contributed by atoms with Crippen LogP contribution < -0.4 is 14.2 Å². The van der Waals surface area contributed by atoms with Crippen molar-refractivity contribution in [3.05, 3.63) is 53.7 Å². The molecule has 0 bridgehead atoms. The number of rotatable bonds is 6. The van der Waals surface area contributed by atoms with Crippen LogP contribution >= 0.6 is 0 Å². The summed E-state index contributed by atoms with van der Waals surface area (Å²) in [6.07, 6.45) is 0.472. The van der Waals surface area contributed by atoms with Crippen LogP contribution in [-0.4, -0.2) is 59.4 Å². The number of hydrogen-bond acceptors (Lipinski definition) is 9. The highest BCUT2D eigenvalue weighted by Gasteiger charge is 2.36. The number of ether oxygens (including phenoxy) is 4. The van der Waals surface area contributed by atoms with Crippen molar-refractivity contribution in [3.8, 4) is 73.8 Å². The van der Waals surface area contributed by atoms with E-state index in [1.165, 1.54) is 34.5 Å². The summed E-state index contributed by atoms with van der Waals surface area (Å²) in [5.41, 5.74) is 3.50. The standard InChI is InChI=1S/C29H27NO9/c1-36-15-5-6-23(37-2)18(10-15)26-25(17-11-20(32)21(33)13-19(17)31)28(29(35)39-4)30-8-7-14-9-22(34)24(38-3)12-16(14)27(26)30/h5-6,9-13,31-34H,7-8H2,1-4H3. The zero-order valence-electron chi connectivity index (χ0n) is 21.7. The van der Waals surface area contributed by atoms with Crippen LogP contribution in [0.2, 0.25) is 0 Å². The van der Waals surface area contributed by atoms with Gasteiger partial charge in [-0.3, -0.25) is 0 Å². The molecule has 2 heterocycles. The number of phenolic OH excluding ortho intramolecular Hbond substituents is 4. The molecule has 0 amide bonds. The third-order valence-corrected chi connectivity index (χ3v) is 6.94. The van der Waals surface area contributed by atoms with E-state index in [-0.39, 0.29) is 34.1 Å². The van der Waals surface area contributed by atoms with E-state index in [0.29, 0.717) is 46.8 Å². The molecule has 0 spiro atoms. The Bertz CT molecular complexity index is 1620. The average molecular weight is 534 g/mol. The van der Waals surface area contributed by atoms with E-state index >= 15 is 0 Å². The summed E-state index contributed by atoms with van der Waals surface area (Å²) in [4.78, 5) is 13.4. The Hall–Kier alpha value is -4.99. The minimum absolute atomic E-state index is 0.0220. The predicted molar refractivity (Wildman–Crippen MR) is 142 cm³/mol. The average Bonchev–Trinajstić information content (AvgIpc) is 3.28. The van der Waals surface area contributed by atoms with E-state index in [1.807, 2.05) is 0 Å². The van der Waals surface area contributed by atoms with Crippen molar-refractivity contribution in [1.82, 2.24) is 4.57 Å². The highest BCUT2D eigenvalue weighted by atomic mass is 16.5. The second-order valence-electron chi connectivity index (χ2n) is 8.95. The van der Waals surface area contributed by atoms with Gasteiger partial charge < -0.3 is 43.9 Å². The maximum absolute atomic E-state index is 13.4. The molecule has 1 aliphatic heterocycles. The highest BCUT2D eigenvalue weighted by molar-refractivity contribution is 6.09. The summed E-state index contributed by atoms with van der Waals surface area (Å²) >= 11 is 0. The lowest BCUT2D eigenvalue weighted by Gasteiger charge is -2.23. The quantitative estimate of drug-likeness (QED) is 0.158. The number of fused-ring (bicyclic) bond motifs is 3. The molecule has 4 N–H and O–H groups in total. The van der Waals surface area contributed by atoms with E-state index in [0.717, 1.165) is 11.6 Å². The van der Waals surface area contributed by atoms with Gasteiger partial charge >= 0.3 is 5.97 Å². The normalized spacial score (nSPS) is 11.9. The molecule has 5 rings (SSSR count). The van der Waals surface area contributed by atoms with Gasteiger partial charge in [0.1, 0.15) is 22.9 Å². The number of carbonyl (C=O) groups is 1. The first kappa shape index (κ1) is 25.7. The van der Waals surface area contributed by atoms with Crippen molar-refractivity contribution in [3.63, 3.8) is 0 Å². The van der Waals surface area contributed by atoms with Crippen molar-refractivity contribution >= 4 is 5.97 Å². The third kappa shape index (κ3) is 4.01. The molecule has 3 aromatic carbocycles. The molecule has 4 aromatic rings. The van der Waals surface area contributed by atoms with Crippen molar-refractivity contribution < 1.29 is 44.2 Å². The molecule has 10 nitrogen and oxygen atoms in total. The van der Waals surface area contributed by atoms with Crippen LogP contribution in [0.1, 0.15) is 16.1 Å². The fraction of sp³-hybridized carbons (Fsp3) is 0.207. The molecule has 0 saturated carbocycles. The first-order valence-corrected chi connectivity index (χ1v) is 12.0. The molecule has 0 saturated heterocycles. The number of aryl methyl sites for hydroxylation is 1. The maximum Gasteiger partial charge on any atom is 0.355 e. The lowest BCUT2D eigenvalue weighted by atomic mass is 9.89. The molecular formula is C29H27NO9. The molecule has 0 atom stereocenters. The van der Waals surface area contributed by atoms with Gasteiger partial charge in [0.2, 0.25) is 0 Å². The fourth-order valence-electron chi connectivity index (χ4n) is 5.17. The molecular weight excluding hydrogens is 506 g/mol. The Morgan fingerprint density at radius 3 is 2.10 bits per heavy atom. The number of aromatic hydroxyl groups is 4. The van der Waals surface area contributed by atoms with Crippen LogP contribution in [0.15, 0.2) is 42.5 Å². The smallest absolute Gasteiger partial charge is 0.355 e. The zero-order chi connectivity index (χ0) is 28.0. The van der Waals surface area contributed by atoms with E-state index in [1.54, 1.807) is 34.9 Å². The van der Waals surface area contributed by atoms with Gasteiger partial charge in [0.25, 0.3) is 0 Å². The maximum atomic E-state index is 13.4. The van der Waals surface area contributed by atoms with Gasteiger partial charge in [-0.25, -0.2) is 4.79 Å². The van der Waals surface area contributed by atoms with Gasteiger partial charge in [-0.1, -0.05) is 0 Å². The highest BCUT2D eigenvalue weighted by Crippen LogP contribution is 2.54. The van der Waals surface area contributed by atoms with Crippen molar-refractivity contribution in [1.29, 1.82) is 0 Å². The number of aromatic nitrogens is 1. The van der Waals surface area contributed by atoms with Gasteiger partial charge in [-0.05, 0) is 48.4 Å². The van der Waals surface area contributed by atoms with E-state index in [4.69, 9.17) is 18.9 Å². The largest absolute Gasteiger partial charge is 0.507 e. The second kappa shape index (κ2) is 9.71.